The van der Waals surface area contributed by atoms with Gasteiger partial charge in [-0.25, -0.2) is 0 Å². The van der Waals surface area contributed by atoms with Crippen LogP contribution in [0.1, 0.15) is 42.0 Å². The molecule has 2 aliphatic rings. The molecule has 16 heavy (non-hydrogen) atoms. The number of hydrogen-bond donors (Lipinski definition) is 1. The Morgan fingerprint density at radius 3 is 2.69 bits per heavy atom. The summed E-state index contributed by atoms with van der Waals surface area (Å²) in [5.74, 6) is -0.274. The van der Waals surface area contributed by atoms with Crippen LogP contribution in [0.15, 0.2) is 12.3 Å². The van der Waals surface area contributed by atoms with E-state index in [-0.39, 0.29) is 5.92 Å². The van der Waals surface area contributed by atoms with Crippen LogP contribution in [-0.4, -0.2) is 16.1 Å². The third kappa shape index (κ3) is 1.51. The first-order chi connectivity index (χ1) is 7.74. The van der Waals surface area contributed by atoms with E-state index in [1.54, 1.807) is 0 Å². The highest BCUT2D eigenvalue weighted by Gasteiger charge is 2.29. The zero-order valence-corrected chi connectivity index (χ0v) is 9.15. The van der Waals surface area contributed by atoms with Crippen LogP contribution in [0.4, 0.5) is 0 Å². The highest BCUT2D eigenvalue weighted by molar-refractivity contribution is 5.72. The Hall–Kier alpha value is -1.38. The molecule has 1 heterocycles. The summed E-state index contributed by atoms with van der Waals surface area (Å²) in [7, 11) is 0. The molecule has 1 aromatic heterocycles. The third-order valence-electron chi connectivity index (χ3n) is 3.91. The van der Waals surface area contributed by atoms with Gasteiger partial charge in [-0.3, -0.25) is 9.78 Å². The Bertz CT molecular complexity index is 438. The van der Waals surface area contributed by atoms with Crippen LogP contribution in [0.25, 0.3) is 0 Å². The molecule has 0 saturated heterocycles. The monoisotopic (exact) mass is 217 g/mol. The van der Waals surface area contributed by atoms with Gasteiger partial charge in [0.05, 0.1) is 5.92 Å². The lowest BCUT2D eigenvalue weighted by molar-refractivity contribution is -0.141. The van der Waals surface area contributed by atoms with Gasteiger partial charge in [0, 0.05) is 17.8 Å². The Labute approximate surface area is 94.5 Å². The highest BCUT2D eigenvalue weighted by Crippen LogP contribution is 2.37. The molecule has 1 saturated carbocycles. The molecule has 2 aliphatic carbocycles. The van der Waals surface area contributed by atoms with Gasteiger partial charge >= 0.3 is 5.97 Å². The second kappa shape index (κ2) is 3.58. The van der Waals surface area contributed by atoms with Crippen molar-refractivity contribution < 1.29 is 9.90 Å². The number of carbonyl (C=O) groups is 1. The molecule has 1 aromatic rings. The van der Waals surface area contributed by atoms with Gasteiger partial charge in [-0.1, -0.05) is 6.42 Å². The van der Waals surface area contributed by atoms with E-state index in [1.807, 2.05) is 6.20 Å². The normalized spacial score (nSPS) is 23.9. The summed E-state index contributed by atoms with van der Waals surface area (Å²) in [4.78, 5) is 15.4. The number of carboxylic acids is 1. The van der Waals surface area contributed by atoms with Crippen molar-refractivity contribution in [1.29, 1.82) is 0 Å². The minimum Gasteiger partial charge on any atom is -0.481 e. The topological polar surface area (TPSA) is 50.2 Å². The molecule has 1 N–H and O–H groups in total. The van der Waals surface area contributed by atoms with E-state index in [2.05, 4.69) is 11.1 Å². The molecular weight excluding hydrogens is 202 g/mol. The fourth-order valence-corrected chi connectivity index (χ4v) is 2.62. The van der Waals surface area contributed by atoms with E-state index in [9.17, 15) is 4.79 Å². The number of aromatic nitrogens is 1. The lowest BCUT2D eigenvalue weighted by Crippen LogP contribution is -2.12. The number of carboxylic acid groups (broad SMARTS) is 1. The first-order valence-electron chi connectivity index (χ1n) is 5.94. The van der Waals surface area contributed by atoms with Gasteiger partial charge in [0.2, 0.25) is 0 Å². The lowest BCUT2D eigenvalue weighted by atomic mass is 9.82. The molecule has 0 amide bonds. The number of pyridine rings is 1. The van der Waals surface area contributed by atoms with E-state index in [0.29, 0.717) is 18.8 Å². The summed E-state index contributed by atoms with van der Waals surface area (Å²) in [6.07, 6.45) is 7.03. The van der Waals surface area contributed by atoms with Crippen molar-refractivity contribution in [2.24, 2.45) is 5.92 Å². The van der Waals surface area contributed by atoms with Crippen LogP contribution in [0.5, 0.6) is 0 Å². The summed E-state index contributed by atoms with van der Waals surface area (Å²) in [6, 6.07) is 2.14. The van der Waals surface area contributed by atoms with Gasteiger partial charge in [0.15, 0.2) is 0 Å². The Morgan fingerprint density at radius 2 is 2.06 bits per heavy atom. The van der Waals surface area contributed by atoms with E-state index in [4.69, 9.17) is 5.11 Å². The summed E-state index contributed by atoms with van der Waals surface area (Å²) >= 11 is 0. The molecular formula is C13H15NO2. The fourth-order valence-electron chi connectivity index (χ4n) is 2.62. The van der Waals surface area contributed by atoms with Crippen molar-refractivity contribution in [1.82, 2.24) is 4.98 Å². The zero-order valence-electron chi connectivity index (χ0n) is 9.15. The zero-order chi connectivity index (χ0) is 11.1. The van der Waals surface area contributed by atoms with Crippen molar-refractivity contribution in [2.75, 3.05) is 0 Å². The minimum absolute atomic E-state index is 0.228. The number of nitrogens with zero attached hydrogens (tertiary/aromatic N) is 1. The summed E-state index contributed by atoms with van der Waals surface area (Å²) in [5.41, 5.74) is 3.52. The SMILES string of the molecule is O=C(O)C1Cc2cnc(C3CCC3)cc2C1. The molecule has 0 bridgehead atoms. The lowest BCUT2D eigenvalue weighted by Gasteiger charge is -2.25. The first kappa shape index (κ1) is 9.82. The van der Waals surface area contributed by atoms with Gasteiger partial charge in [0.25, 0.3) is 0 Å². The maximum Gasteiger partial charge on any atom is 0.307 e. The summed E-state index contributed by atoms with van der Waals surface area (Å²) < 4.78 is 0. The molecule has 3 nitrogen and oxygen atoms in total. The van der Waals surface area contributed by atoms with Crippen LogP contribution >= 0.6 is 0 Å². The van der Waals surface area contributed by atoms with Gasteiger partial charge in [0.1, 0.15) is 0 Å². The Balaban J connectivity index is 1.85. The third-order valence-corrected chi connectivity index (χ3v) is 3.91. The average molecular weight is 217 g/mol. The molecule has 3 heteroatoms. The Kier molecular flexibility index (Phi) is 2.20. The van der Waals surface area contributed by atoms with Crippen LogP contribution < -0.4 is 0 Å². The minimum atomic E-state index is -0.679. The van der Waals surface area contributed by atoms with E-state index in [0.717, 1.165) is 5.56 Å². The van der Waals surface area contributed by atoms with E-state index < -0.39 is 5.97 Å². The second-order valence-corrected chi connectivity index (χ2v) is 4.95. The smallest absolute Gasteiger partial charge is 0.307 e. The molecule has 0 aliphatic heterocycles. The molecule has 1 unspecified atom stereocenters. The number of hydrogen-bond acceptors (Lipinski definition) is 2. The van der Waals surface area contributed by atoms with Crippen molar-refractivity contribution in [3.63, 3.8) is 0 Å². The van der Waals surface area contributed by atoms with Crippen LogP contribution in [0.2, 0.25) is 0 Å². The van der Waals surface area contributed by atoms with Crippen molar-refractivity contribution in [2.45, 2.75) is 38.0 Å². The maximum atomic E-state index is 10.9. The number of rotatable bonds is 2. The van der Waals surface area contributed by atoms with Crippen molar-refractivity contribution >= 4 is 5.97 Å². The molecule has 1 atom stereocenters. The fraction of sp³-hybridized carbons (Fsp3) is 0.538. The van der Waals surface area contributed by atoms with Crippen LogP contribution in [-0.2, 0) is 17.6 Å². The average Bonchev–Trinajstić information content (AvgIpc) is 2.57. The van der Waals surface area contributed by atoms with Gasteiger partial charge < -0.3 is 5.11 Å². The van der Waals surface area contributed by atoms with Crippen molar-refractivity contribution in [3.05, 3.63) is 29.1 Å². The highest BCUT2D eigenvalue weighted by atomic mass is 16.4. The largest absolute Gasteiger partial charge is 0.481 e. The summed E-state index contributed by atoms with van der Waals surface area (Å²) in [6.45, 7) is 0. The number of aliphatic carboxylic acids is 1. The second-order valence-electron chi connectivity index (χ2n) is 4.95. The molecule has 3 rings (SSSR count). The molecule has 84 valence electrons. The van der Waals surface area contributed by atoms with Crippen LogP contribution in [0, 0.1) is 5.92 Å². The quantitative estimate of drug-likeness (QED) is 0.825. The van der Waals surface area contributed by atoms with E-state index >= 15 is 0 Å². The molecule has 1 fully saturated rings. The molecule has 0 radical (unpaired) electrons. The predicted octanol–water partition coefficient (Wildman–Crippen LogP) is 2.15. The first-order valence-corrected chi connectivity index (χ1v) is 5.94. The Morgan fingerprint density at radius 1 is 1.31 bits per heavy atom. The predicted molar refractivity (Wildman–Crippen MR) is 59.4 cm³/mol. The molecule has 0 spiro atoms. The van der Waals surface area contributed by atoms with E-state index in [1.165, 1.54) is 30.5 Å². The number of fused-ring (bicyclic) bond motifs is 1. The standard InChI is InChI=1S/C13H15NO2/c15-13(16)10-4-9-6-12(8-2-1-3-8)14-7-11(9)5-10/h6-8,10H,1-5H2,(H,15,16). The van der Waals surface area contributed by atoms with Crippen molar-refractivity contribution in [3.8, 4) is 0 Å². The van der Waals surface area contributed by atoms with Crippen LogP contribution in [0.3, 0.4) is 0 Å². The van der Waals surface area contributed by atoms with Gasteiger partial charge in [-0.05, 0) is 42.9 Å². The maximum absolute atomic E-state index is 10.9. The summed E-state index contributed by atoms with van der Waals surface area (Å²) in [5, 5.41) is 9.00. The van der Waals surface area contributed by atoms with Gasteiger partial charge in [-0.2, -0.15) is 0 Å². The molecule has 0 aromatic carbocycles. The van der Waals surface area contributed by atoms with Gasteiger partial charge in [-0.15, -0.1) is 0 Å².